The Morgan fingerprint density at radius 3 is 2.07 bits per heavy atom. The molecule has 9 heteroatoms. The zero-order valence-corrected chi connectivity index (χ0v) is 14.9. The van der Waals surface area contributed by atoms with E-state index >= 15 is 0 Å². The second kappa shape index (κ2) is 8.09. The van der Waals surface area contributed by atoms with E-state index in [4.69, 9.17) is 0 Å². The van der Waals surface area contributed by atoms with Crippen LogP contribution < -0.4 is 10.0 Å². The van der Waals surface area contributed by atoms with Gasteiger partial charge in [0.15, 0.2) is 11.6 Å². The zero-order valence-electron chi connectivity index (χ0n) is 14.1. The summed E-state index contributed by atoms with van der Waals surface area (Å²) in [4.78, 5) is 0. The van der Waals surface area contributed by atoms with E-state index in [0.29, 0.717) is 6.42 Å². The molecule has 0 aliphatic carbocycles. The highest BCUT2D eigenvalue weighted by Crippen LogP contribution is 2.22. The lowest BCUT2D eigenvalue weighted by atomic mass is 10.2. The number of benzene rings is 2. The Balaban J connectivity index is 1.63. The lowest BCUT2D eigenvalue weighted by Gasteiger charge is -2.09. The Kier molecular flexibility index (Phi) is 5.60. The van der Waals surface area contributed by atoms with E-state index < -0.39 is 21.7 Å². The second-order valence-electron chi connectivity index (χ2n) is 5.68. The molecule has 140 valence electrons. The van der Waals surface area contributed by atoms with Crippen LogP contribution in [0.3, 0.4) is 0 Å². The molecule has 0 unspecified atom stereocenters. The lowest BCUT2D eigenvalue weighted by Crippen LogP contribution is -2.19. The quantitative estimate of drug-likeness (QED) is 0.645. The minimum Gasteiger partial charge on any atom is -0.334 e. The predicted molar refractivity (Wildman–Crippen MR) is 99.2 cm³/mol. The van der Waals surface area contributed by atoms with Crippen LogP contribution in [-0.2, 0) is 16.4 Å². The number of sulfonamides is 1. The van der Waals surface area contributed by atoms with E-state index in [0.717, 1.165) is 17.7 Å². The lowest BCUT2D eigenvalue weighted by molar-refractivity contribution is 0.590. The molecule has 1 heterocycles. The van der Waals surface area contributed by atoms with Crippen LogP contribution in [0.4, 0.5) is 26.1 Å². The highest BCUT2D eigenvalue weighted by Gasteiger charge is 2.13. The van der Waals surface area contributed by atoms with Crippen molar-refractivity contribution < 1.29 is 17.2 Å². The van der Waals surface area contributed by atoms with Gasteiger partial charge in [-0.25, -0.2) is 17.2 Å². The third-order valence-corrected chi connectivity index (χ3v) is 4.90. The van der Waals surface area contributed by atoms with E-state index in [1.54, 1.807) is 0 Å². The van der Waals surface area contributed by atoms with Crippen LogP contribution >= 0.6 is 0 Å². The van der Waals surface area contributed by atoms with Crippen molar-refractivity contribution in [2.75, 3.05) is 15.8 Å². The molecule has 0 radical (unpaired) electrons. The van der Waals surface area contributed by atoms with Crippen LogP contribution in [0, 0.1) is 11.6 Å². The maximum atomic E-state index is 13.6. The molecule has 1 aromatic heterocycles. The fraction of sp³-hybridized carbons (Fsp3) is 0.111. The zero-order chi connectivity index (χ0) is 19.3. The molecule has 3 rings (SSSR count). The molecule has 0 amide bonds. The van der Waals surface area contributed by atoms with Crippen LogP contribution in [0.2, 0.25) is 0 Å². The van der Waals surface area contributed by atoms with E-state index in [-0.39, 0.29) is 23.1 Å². The monoisotopic (exact) mass is 390 g/mol. The summed E-state index contributed by atoms with van der Waals surface area (Å²) in [5.74, 6) is -1.57. The van der Waals surface area contributed by atoms with Crippen molar-refractivity contribution in [1.29, 1.82) is 0 Å². The van der Waals surface area contributed by atoms with Crippen molar-refractivity contribution in [3.05, 3.63) is 77.9 Å². The third-order valence-electron chi connectivity index (χ3n) is 3.64. The minimum atomic E-state index is -3.61. The van der Waals surface area contributed by atoms with E-state index in [1.165, 1.54) is 18.2 Å². The summed E-state index contributed by atoms with van der Waals surface area (Å²) in [5, 5.41) is 9.94. The summed E-state index contributed by atoms with van der Waals surface area (Å²) in [6.45, 7) is 0. The average molecular weight is 390 g/mol. The Labute approximate surface area is 155 Å². The first-order valence-electron chi connectivity index (χ1n) is 8.02. The van der Waals surface area contributed by atoms with E-state index in [1.807, 2.05) is 30.3 Å². The summed E-state index contributed by atoms with van der Waals surface area (Å²) in [5.41, 5.74) is 0.545. The molecule has 0 bridgehead atoms. The Hall–Kier alpha value is -3.07. The maximum Gasteiger partial charge on any atom is 0.234 e. The van der Waals surface area contributed by atoms with Crippen LogP contribution in [0.25, 0.3) is 0 Å². The van der Waals surface area contributed by atoms with Crippen LogP contribution in [0.1, 0.15) is 5.56 Å². The number of nitrogens with one attached hydrogen (secondary N) is 2. The van der Waals surface area contributed by atoms with Crippen molar-refractivity contribution in [2.24, 2.45) is 0 Å². The molecule has 0 aliphatic rings. The number of hydrogen-bond donors (Lipinski definition) is 2. The molecule has 3 aromatic rings. The Bertz CT molecular complexity index is 993. The van der Waals surface area contributed by atoms with Gasteiger partial charge in [0.25, 0.3) is 0 Å². The number of anilines is 3. The summed E-state index contributed by atoms with van der Waals surface area (Å²) < 4.78 is 53.9. The molecular weight excluding hydrogens is 374 g/mol. The summed E-state index contributed by atoms with van der Waals surface area (Å²) in [6, 6.07) is 15.4. The van der Waals surface area contributed by atoms with Crippen LogP contribution in [-0.4, -0.2) is 24.4 Å². The van der Waals surface area contributed by atoms with Gasteiger partial charge in [0.2, 0.25) is 10.0 Å². The van der Waals surface area contributed by atoms with Gasteiger partial charge in [-0.2, -0.15) is 0 Å². The number of halogens is 2. The van der Waals surface area contributed by atoms with Gasteiger partial charge >= 0.3 is 0 Å². The van der Waals surface area contributed by atoms with Gasteiger partial charge in [-0.05, 0) is 36.2 Å². The molecular formula is C18H16F2N4O2S. The second-order valence-corrected chi connectivity index (χ2v) is 7.52. The first-order valence-corrected chi connectivity index (χ1v) is 9.67. The van der Waals surface area contributed by atoms with Crippen molar-refractivity contribution in [3.8, 4) is 0 Å². The van der Waals surface area contributed by atoms with Crippen molar-refractivity contribution in [1.82, 2.24) is 10.2 Å². The summed E-state index contributed by atoms with van der Waals surface area (Å²) in [6.07, 6.45) is 0.357. The number of rotatable bonds is 7. The van der Waals surface area contributed by atoms with Gasteiger partial charge in [0.05, 0.1) is 5.75 Å². The molecule has 27 heavy (non-hydrogen) atoms. The smallest absolute Gasteiger partial charge is 0.234 e. The van der Waals surface area contributed by atoms with Gasteiger partial charge in [-0.1, -0.05) is 36.4 Å². The number of para-hydroxylation sites is 1. The molecule has 2 aromatic carbocycles. The number of aromatic nitrogens is 2. The van der Waals surface area contributed by atoms with Gasteiger partial charge in [-0.3, -0.25) is 4.72 Å². The molecule has 0 atom stereocenters. The maximum absolute atomic E-state index is 13.6. The van der Waals surface area contributed by atoms with Crippen LogP contribution in [0.5, 0.6) is 0 Å². The summed E-state index contributed by atoms with van der Waals surface area (Å²) in [7, 11) is -3.61. The van der Waals surface area contributed by atoms with E-state index in [9.17, 15) is 17.2 Å². The fourth-order valence-corrected chi connectivity index (χ4v) is 3.34. The SMILES string of the molecule is O=S(=O)(CCc1ccccc1)Nc1ccc(Nc2c(F)cccc2F)nn1. The highest BCUT2D eigenvalue weighted by molar-refractivity contribution is 7.92. The Morgan fingerprint density at radius 2 is 1.44 bits per heavy atom. The van der Waals surface area contributed by atoms with Crippen molar-refractivity contribution in [3.63, 3.8) is 0 Å². The average Bonchev–Trinajstić information content (AvgIpc) is 2.65. The molecule has 0 spiro atoms. The fourth-order valence-electron chi connectivity index (χ4n) is 2.31. The van der Waals surface area contributed by atoms with Crippen molar-refractivity contribution in [2.45, 2.75) is 6.42 Å². The number of aryl methyl sites for hydroxylation is 1. The highest BCUT2D eigenvalue weighted by atomic mass is 32.2. The van der Waals surface area contributed by atoms with Crippen LogP contribution in [0.15, 0.2) is 60.7 Å². The largest absolute Gasteiger partial charge is 0.334 e. The molecule has 0 aliphatic heterocycles. The minimum absolute atomic E-state index is 0.0163. The topological polar surface area (TPSA) is 84.0 Å². The molecule has 2 N–H and O–H groups in total. The standard InChI is InChI=1S/C18H16F2N4O2S/c19-14-7-4-8-15(20)18(14)21-16-9-10-17(23-22-16)24-27(25,26)12-11-13-5-2-1-3-6-13/h1-10H,11-12H2,(H,21,22)(H,23,24). The third kappa shape index (κ3) is 5.20. The Morgan fingerprint density at radius 1 is 0.815 bits per heavy atom. The van der Waals surface area contributed by atoms with Crippen molar-refractivity contribution >= 4 is 27.3 Å². The molecule has 0 saturated heterocycles. The van der Waals surface area contributed by atoms with E-state index in [2.05, 4.69) is 20.2 Å². The number of hydrogen-bond acceptors (Lipinski definition) is 5. The van der Waals surface area contributed by atoms with Gasteiger partial charge in [0.1, 0.15) is 17.3 Å². The molecule has 0 fully saturated rings. The molecule has 0 saturated carbocycles. The van der Waals surface area contributed by atoms with Gasteiger partial charge in [-0.15, -0.1) is 10.2 Å². The predicted octanol–water partition coefficient (Wildman–Crippen LogP) is 3.48. The normalized spacial score (nSPS) is 11.2. The number of nitrogens with zero attached hydrogens (tertiary/aromatic N) is 2. The van der Waals surface area contributed by atoms with Gasteiger partial charge < -0.3 is 5.32 Å². The molecule has 6 nitrogen and oxygen atoms in total. The summed E-state index contributed by atoms with van der Waals surface area (Å²) >= 11 is 0. The van der Waals surface area contributed by atoms with Gasteiger partial charge in [0, 0.05) is 0 Å². The first kappa shape index (κ1) is 18.7. The first-order chi connectivity index (χ1) is 12.9.